The molecule has 0 aliphatic carbocycles. The molecule has 0 aromatic heterocycles. The topological polar surface area (TPSA) is 96.2 Å². The molecule has 0 radical (unpaired) electrons. The maximum atomic E-state index is 11.0. The number of phenolic OH excluding ortho intramolecular Hbond substituents is 2. The van der Waals surface area contributed by atoms with Crippen LogP contribution in [0.1, 0.15) is 12.5 Å². The molecule has 0 saturated carbocycles. The maximum absolute atomic E-state index is 11.0. The van der Waals surface area contributed by atoms with Crippen LogP contribution in [0.2, 0.25) is 0 Å². The van der Waals surface area contributed by atoms with Crippen LogP contribution in [0.25, 0.3) is 0 Å². The number of aliphatic carboxylic acids is 1. The molecule has 1 aromatic rings. The minimum absolute atomic E-state index is 0.0779. The van der Waals surface area contributed by atoms with Gasteiger partial charge in [-0.2, -0.15) is 0 Å². The smallest absolute Gasteiger partial charge is 0.370 e. The molecule has 0 spiro atoms. The quantitative estimate of drug-likeness (QED) is 0.718. The van der Waals surface area contributed by atoms with Crippen molar-refractivity contribution in [1.29, 1.82) is 0 Å². The number of carboxylic acids is 1. The van der Waals surface area contributed by atoms with Gasteiger partial charge in [0.15, 0.2) is 0 Å². The number of hydrogen-bond acceptors (Lipinski definition) is 5. The van der Waals surface area contributed by atoms with Crippen molar-refractivity contribution in [3.05, 3.63) is 29.5 Å². The predicted octanol–water partition coefficient (Wildman–Crippen LogP) is 1.40. The SMILES string of the molecule is CC1C=C(C(=O)O)O[C@@H]2Cc3c(O)cc(O)cc3O[C@H]12. The van der Waals surface area contributed by atoms with Crippen molar-refractivity contribution in [1.82, 2.24) is 0 Å². The predicted molar refractivity (Wildman–Crippen MR) is 67.6 cm³/mol. The molecule has 2 aliphatic heterocycles. The van der Waals surface area contributed by atoms with Gasteiger partial charge in [0.1, 0.15) is 29.5 Å². The standard InChI is InChI=1S/C14H14O6/c1-6-2-12(14(17)18)19-11-5-8-9(16)3-7(15)4-10(8)20-13(6)11/h2-4,6,11,13,15-16H,5H2,1H3,(H,17,18)/t6?,11-,13-/m1/s1. The van der Waals surface area contributed by atoms with E-state index in [2.05, 4.69) is 0 Å². The van der Waals surface area contributed by atoms with Crippen LogP contribution in [0.3, 0.4) is 0 Å². The summed E-state index contributed by atoms with van der Waals surface area (Å²) in [5.74, 6) is -1.10. The van der Waals surface area contributed by atoms with Crippen LogP contribution in [0.5, 0.6) is 17.2 Å². The van der Waals surface area contributed by atoms with Crippen molar-refractivity contribution in [2.45, 2.75) is 25.6 Å². The van der Waals surface area contributed by atoms with Crippen molar-refractivity contribution in [3.63, 3.8) is 0 Å². The minimum Gasteiger partial charge on any atom is -0.508 e. The average molecular weight is 278 g/mol. The third-order valence-corrected chi connectivity index (χ3v) is 3.63. The molecule has 3 N–H and O–H groups in total. The normalized spacial score (nSPS) is 27.4. The maximum Gasteiger partial charge on any atom is 0.370 e. The second-order valence-corrected chi connectivity index (χ2v) is 5.08. The minimum atomic E-state index is -1.11. The molecular formula is C14H14O6. The monoisotopic (exact) mass is 278 g/mol. The summed E-state index contributed by atoms with van der Waals surface area (Å²) in [4.78, 5) is 11.0. The zero-order chi connectivity index (χ0) is 14.4. The molecular weight excluding hydrogens is 264 g/mol. The Morgan fingerprint density at radius 1 is 1.30 bits per heavy atom. The van der Waals surface area contributed by atoms with Gasteiger partial charge in [-0.3, -0.25) is 0 Å². The van der Waals surface area contributed by atoms with Crippen LogP contribution >= 0.6 is 0 Å². The van der Waals surface area contributed by atoms with E-state index in [-0.39, 0.29) is 29.3 Å². The summed E-state index contributed by atoms with van der Waals surface area (Å²) >= 11 is 0. The Morgan fingerprint density at radius 2 is 2.05 bits per heavy atom. The second-order valence-electron chi connectivity index (χ2n) is 5.08. The van der Waals surface area contributed by atoms with Gasteiger partial charge in [-0.1, -0.05) is 6.92 Å². The summed E-state index contributed by atoms with van der Waals surface area (Å²) in [6.45, 7) is 1.84. The van der Waals surface area contributed by atoms with Gasteiger partial charge in [0.2, 0.25) is 5.76 Å². The molecule has 2 aliphatic rings. The Kier molecular flexibility index (Phi) is 2.74. The lowest BCUT2D eigenvalue weighted by molar-refractivity contribution is -0.141. The van der Waals surface area contributed by atoms with E-state index in [4.69, 9.17) is 14.6 Å². The van der Waals surface area contributed by atoms with Gasteiger partial charge in [0, 0.05) is 30.0 Å². The van der Waals surface area contributed by atoms with E-state index in [9.17, 15) is 15.0 Å². The summed E-state index contributed by atoms with van der Waals surface area (Å²) in [6.07, 6.45) is 1.04. The zero-order valence-corrected chi connectivity index (χ0v) is 10.7. The first-order valence-corrected chi connectivity index (χ1v) is 6.29. The molecule has 0 fully saturated rings. The Morgan fingerprint density at radius 3 is 2.75 bits per heavy atom. The third kappa shape index (κ3) is 1.93. The molecule has 3 atom stereocenters. The van der Waals surface area contributed by atoms with E-state index < -0.39 is 12.1 Å². The highest BCUT2D eigenvalue weighted by Gasteiger charge is 2.40. The first kappa shape index (κ1) is 12.7. The molecule has 0 bridgehead atoms. The van der Waals surface area contributed by atoms with E-state index in [1.165, 1.54) is 18.2 Å². The molecule has 1 unspecified atom stereocenters. The van der Waals surface area contributed by atoms with Gasteiger partial charge >= 0.3 is 5.97 Å². The van der Waals surface area contributed by atoms with Crippen LogP contribution in [0.4, 0.5) is 0 Å². The fourth-order valence-electron chi connectivity index (χ4n) is 2.68. The second kappa shape index (κ2) is 4.33. The fourth-order valence-corrected chi connectivity index (χ4v) is 2.68. The highest BCUT2D eigenvalue weighted by Crippen LogP contribution is 2.41. The van der Waals surface area contributed by atoms with Crippen LogP contribution in [-0.2, 0) is 16.0 Å². The first-order valence-electron chi connectivity index (χ1n) is 6.29. The summed E-state index contributed by atoms with van der Waals surface area (Å²) in [5, 5.41) is 28.3. The summed E-state index contributed by atoms with van der Waals surface area (Å²) in [6, 6.07) is 2.66. The van der Waals surface area contributed by atoms with E-state index in [1.54, 1.807) is 0 Å². The van der Waals surface area contributed by atoms with Crippen molar-refractivity contribution < 1.29 is 29.6 Å². The van der Waals surface area contributed by atoms with Crippen LogP contribution < -0.4 is 4.74 Å². The lowest BCUT2D eigenvalue weighted by Crippen LogP contribution is -2.46. The summed E-state index contributed by atoms with van der Waals surface area (Å²) in [5.41, 5.74) is 0.517. The number of hydrogen-bond donors (Lipinski definition) is 3. The molecule has 1 aromatic carbocycles. The lowest BCUT2D eigenvalue weighted by Gasteiger charge is -2.39. The Bertz CT molecular complexity index is 606. The van der Waals surface area contributed by atoms with Gasteiger partial charge in [0.05, 0.1) is 0 Å². The van der Waals surface area contributed by atoms with E-state index in [0.717, 1.165) is 0 Å². The fraction of sp³-hybridized carbons (Fsp3) is 0.357. The summed E-state index contributed by atoms with van der Waals surface area (Å²) < 4.78 is 11.2. The van der Waals surface area contributed by atoms with Crippen LogP contribution in [0, 0.1) is 5.92 Å². The summed E-state index contributed by atoms with van der Waals surface area (Å²) in [7, 11) is 0. The number of rotatable bonds is 1. The molecule has 106 valence electrons. The molecule has 6 nitrogen and oxygen atoms in total. The van der Waals surface area contributed by atoms with Crippen molar-refractivity contribution in [2.75, 3.05) is 0 Å². The highest BCUT2D eigenvalue weighted by molar-refractivity contribution is 5.84. The van der Waals surface area contributed by atoms with E-state index in [0.29, 0.717) is 17.7 Å². The highest BCUT2D eigenvalue weighted by atomic mass is 16.6. The zero-order valence-electron chi connectivity index (χ0n) is 10.7. The van der Waals surface area contributed by atoms with E-state index >= 15 is 0 Å². The molecule has 3 rings (SSSR count). The molecule has 0 saturated heterocycles. The largest absolute Gasteiger partial charge is 0.508 e. The number of carbonyl (C=O) groups is 1. The van der Waals surface area contributed by atoms with Crippen molar-refractivity contribution >= 4 is 5.97 Å². The number of fused-ring (bicyclic) bond motifs is 2. The Hall–Kier alpha value is -2.37. The van der Waals surface area contributed by atoms with Gasteiger partial charge in [-0.05, 0) is 6.08 Å². The lowest BCUT2D eigenvalue weighted by atomic mass is 9.89. The number of phenols is 2. The average Bonchev–Trinajstić information content (AvgIpc) is 2.37. The number of aromatic hydroxyl groups is 2. The van der Waals surface area contributed by atoms with Crippen molar-refractivity contribution in [3.8, 4) is 17.2 Å². The number of benzene rings is 1. The van der Waals surface area contributed by atoms with E-state index in [1.807, 2.05) is 6.92 Å². The number of ether oxygens (including phenoxy) is 2. The van der Waals surface area contributed by atoms with Gasteiger partial charge in [-0.25, -0.2) is 4.79 Å². The number of carboxylic acid groups (broad SMARTS) is 1. The van der Waals surface area contributed by atoms with Gasteiger partial charge < -0.3 is 24.8 Å². The van der Waals surface area contributed by atoms with Gasteiger partial charge in [0.25, 0.3) is 0 Å². The third-order valence-electron chi connectivity index (χ3n) is 3.63. The Labute approximate surface area is 114 Å². The molecule has 6 heteroatoms. The van der Waals surface area contributed by atoms with Crippen LogP contribution in [-0.4, -0.2) is 33.5 Å². The van der Waals surface area contributed by atoms with Gasteiger partial charge in [-0.15, -0.1) is 0 Å². The molecule has 2 heterocycles. The first-order chi connectivity index (χ1) is 9.45. The Balaban J connectivity index is 1.96. The van der Waals surface area contributed by atoms with Crippen LogP contribution in [0.15, 0.2) is 24.0 Å². The molecule has 20 heavy (non-hydrogen) atoms. The van der Waals surface area contributed by atoms with Crippen molar-refractivity contribution in [2.24, 2.45) is 5.92 Å². The molecule has 0 amide bonds.